The van der Waals surface area contributed by atoms with Crippen LogP contribution < -0.4 is 21.7 Å². The molecule has 1 heterocycles. The summed E-state index contributed by atoms with van der Waals surface area (Å²) in [5.74, 6) is -3.87. The van der Waals surface area contributed by atoms with Gasteiger partial charge in [-0.2, -0.15) is 0 Å². The lowest BCUT2D eigenvalue weighted by Gasteiger charge is -2.25. The van der Waals surface area contributed by atoms with Crippen LogP contribution in [0.3, 0.4) is 0 Å². The number of hydrogen-bond acceptors (Lipinski definition) is 7. The first-order valence-corrected chi connectivity index (χ1v) is 11.1. The lowest BCUT2D eigenvalue weighted by molar-refractivity contribution is -0.143. The highest BCUT2D eigenvalue weighted by molar-refractivity contribution is 5.94. The third-order valence-corrected chi connectivity index (χ3v) is 5.29. The molecule has 0 aliphatic rings. The topological polar surface area (TPSA) is 200 Å². The molecule has 0 saturated carbocycles. The molecule has 12 nitrogen and oxygen atoms in total. The number of nitrogens with one attached hydrogen (secondary N) is 4. The smallest absolute Gasteiger partial charge is 0.326 e. The molecule has 8 N–H and O–H groups in total. The van der Waals surface area contributed by atoms with Crippen molar-refractivity contribution in [2.45, 2.75) is 50.9 Å². The van der Waals surface area contributed by atoms with Gasteiger partial charge < -0.3 is 36.9 Å². The number of carboxylic acids is 1. The number of imidazole rings is 1. The number of carbonyl (C=O) groups is 4. The van der Waals surface area contributed by atoms with Crippen molar-refractivity contribution < 1.29 is 29.4 Å². The Morgan fingerprint density at radius 3 is 2.14 bits per heavy atom. The highest BCUT2D eigenvalue weighted by Crippen LogP contribution is 2.05. The van der Waals surface area contributed by atoms with E-state index in [0.717, 1.165) is 5.56 Å². The number of aliphatic hydroxyl groups excluding tert-OH is 1. The number of aliphatic carboxylic acids is 1. The maximum Gasteiger partial charge on any atom is 0.326 e. The molecule has 1 aromatic heterocycles. The Bertz CT molecular complexity index is 982. The number of nitrogens with two attached hydrogens (primary N) is 1. The van der Waals surface area contributed by atoms with Crippen LogP contribution in [0.25, 0.3) is 0 Å². The standard InChI is InChI=1S/C23H32N6O6/c1-13(2)19(23(34)35)29-22(33)18(11-30)28-21(32)17(9-15-10-25-12-26-15)27-20(31)16(24)8-14-6-4-3-5-7-14/h3-7,10,12-13,16-19,30H,8-9,11,24H2,1-2H3,(H,25,26)(H,27,31)(H,28,32)(H,29,33)(H,34,35). The summed E-state index contributed by atoms with van der Waals surface area (Å²) in [6.45, 7) is 2.45. The number of H-pyrrole nitrogens is 1. The van der Waals surface area contributed by atoms with Crippen molar-refractivity contribution in [1.29, 1.82) is 0 Å². The Morgan fingerprint density at radius 1 is 0.971 bits per heavy atom. The van der Waals surface area contributed by atoms with Crippen molar-refractivity contribution in [3.63, 3.8) is 0 Å². The largest absolute Gasteiger partial charge is 0.480 e. The molecule has 12 heteroatoms. The van der Waals surface area contributed by atoms with Gasteiger partial charge in [0.1, 0.15) is 18.1 Å². The quantitative estimate of drug-likeness (QED) is 0.180. The van der Waals surface area contributed by atoms with Gasteiger partial charge in [-0.1, -0.05) is 44.2 Å². The molecular weight excluding hydrogens is 456 g/mol. The van der Waals surface area contributed by atoms with Crippen molar-refractivity contribution in [3.05, 3.63) is 54.1 Å². The number of aliphatic hydroxyl groups is 1. The number of nitrogens with zero attached hydrogens (tertiary/aromatic N) is 1. The predicted molar refractivity (Wildman–Crippen MR) is 126 cm³/mol. The van der Waals surface area contributed by atoms with Crippen molar-refractivity contribution >= 4 is 23.7 Å². The van der Waals surface area contributed by atoms with Gasteiger partial charge in [0, 0.05) is 18.3 Å². The molecule has 0 saturated heterocycles. The number of carbonyl (C=O) groups excluding carboxylic acids is 3. The molecule has 2 aromatic rings. The lowest BCUT2D eigenvalue weighted by atomic mass is 10.0. The van der Waals surface area contributed by atoms with E-state index < -0.39 is 60.4 Å². The first kappa shape index (κ1) is 27.5. The second-order valence-electron chi connectivity index (χ2n) is 8.45. The summed E-state index contributed by atoms with van der Waals surface area (Å²) in [5.41, 5.74) is 7.42. The summed E-state index contributed by atoms with van der Waals surface area (Å²) in [6.07, 6.45) is 3.15. The molecular formula is C23H32N6O6. The fourth-order valence-corrected chi connectivity index (χ4v) is 3.30. The number of hydrogen-bond donors (Lipinski definition) is 7. The van der Waals surface area contributed by atoms with E-state index in [2.05, 4.69) is 25.9 Å². The van der Waals surface area contributed by atoms with Crippen LogP contribution in [0.2, 0.25) is 0 Å². The van der Waals surface area contributed by atoms with Gasteiger partial charge in [-0.15, -0.1) is 0 Å². The number of carboxylic acid groups (broad SMARTS) is 1. The van der Waals surface area contributed by atoms with Crippen LogP contribution >= 0.6 is 0 Å². The summed E-state index contributed by atoms with van der Waals surface area (Å²) in [4.78, 5) is 56.4. The molecule has 0 bridgehead atoms. The Labute approximate surface area is 202 Å². The fraction of sp³-hybridized carbons (Fsp3) is 0.435. The molecule has 35 heavy (non-hydrogen) atoms. The van der Waals surface area contributed by atoms with Crippen LogP contribution in [0.5, 0.6) is 0 Å². The monoisotopic (exact) mass is 488 g/mol. The summed E-state index contributed by atoms with van der Waals surface area (Å²) in [5, 5.41) is 26.2. The highest BCUT2D eigenvalue weighted by atomic mass is 16.4. The number of aromatic nitrogens is 2. The van der Waals surface area contributed by atoms with Gasteiger partial charge in [-0.25, -0.2) is 9.78 Å². The van der Waals surface area contributed by atoms with Crippen LogP contribution in [0, 0.1) is 5.92 Å². The molecule has 190 valence electrons. The third kappa shape index (κ3) is 8.50. The molecule has 1 aromatic carbocycles. The van der Waals surface area contributed by atoms with Crippen LogP contribution in [0.15, 0.2) is 42.9 Å². The summed E-state index contributed by atoms with van der Waals surface area (Å²) in [6, 6.07) is 4.42. The second kappa shape index (κ2) is 13.2. The van der Waals surface area contributed by atoms with Gasteiger partial charge in [-0.05, 0) is 17.9 Å². The van der Waals surface area contributed by atoms with Crippen molar-refractivity contribution in [2.24, 2.45) is 11.7 Å². The Morgan fingerprint density at radius 2 is 1.60 bits per heavy atom. The number of amides is 3. The minimum atomic E-state index is -1.43. The summed E-state index contributed by atoms with van der Waals surface area (Å²) >= 11 is 0. The molecule has 3 amide bonds. The average molecular weight is 489 g/mol. The third-order valence-electron chi connectivity index (χ3n) is 5.29. The van der Waals surface area contributed by atoms with Crippen molar-refractivity contribution in [2.75, 3.05) is 6.61 Å². The van der Waals surface area contributed by atoms with Gasteiger partial charge >= 0.3 is 5.97 Å². The first-order valence-electron chi connectivity index (χ1n) is 11.1. The molecule has 0 aliphatic heterocycles. The number of rotatable bonds is 13. The van der Waals surface area contributed by atoms with E-state index in [9.17, 15) is 29.4 Å². The first-order chi connectivity index (χ1) is 16.6. The Kier molecular flexibility index (Phi) is 10.4. The summed E-state index contributed by atoms with van der Waals surface area (Å²) < 4.78 is 0. The van der Waals surface area contributed by atoms with Crippen LogP contribution in [-0.4, -0.2) is 74.6 Å². The average Bonchev–Trinajstić information content (AvgIpc) is 3.33. The van der Waals surface area contributed by atoms with Gasteiger partial charge in [-0.3, -0.25) is 14.4 Å². The maximum absolute atomic E-state index is 13.0. The number of benzene rings is 1. The van der Waals surface area contributed by atoms with Gasteiger partial charge in [0.05, 0.1) is 19.0 Å². The van der Waals surface area contributed by atoms with Crippen LogP contribution in [0.1, 0.15) is 25.1 Å². The summed E-state index contributed by atoms with van der Waals surface area (Å²) in [7, 11) is 0. The minimum Gasteiger partial charge on any atom is -0.480 e. The zero-order valence-electron chi connectivity index (χ0n) is 19.6. The maximum atomic E-state index is 13.0. The van der Waals surface area contributed by atoms with Crippen molar-refractivity contribution in [3.8, 4) is 0 Å². The molecule has 0 radical (unpaired) electrons. The zero-order valence-corrected chi connectivity index (χ0v) is 19.6. The molecule has 4 atom stereocenters. The van der Waals surface area contributed by atoms with Crippen LogP contribution in [-0.2, 0) is 32.0 Å². The highest BCUT2D eigenvalue weighted by Gasteiger charge is 2.31. The zero-order chi connectivity index (χ0) is 26.0. The van der Waals surface area contributed by atoms with Gasteiger partial charge in [0.25, 0.3) is 0 Å². The van der Waals surface area contributed by atoms with E-state index >= 15 is 0 Å². The van der Waals surface area contributed by atoms with E-state index in [1.165, 1.54) is 12.5 Å². The van der Waals surface area contributed by atoms with E-state index in [-0.39, 0.29) is 12.8 Å². The van der Waals surface area contributed by atoms with Gasteiger partial charge in [0.2, 0.25) is 17.7 Å². The van der Waals surface area contributed by atoms with E-state index in [1.54, 1.807) is 13.8 Å². The normalized spacial score (nSPS) is 14.4. The minimum absolute atomic E-state index is 0.0130. The SMILES string of the molecule is CC(C)C(NC(=O)C(CO)NC(=O)C(Cc1cnc[nH]1)NC(=O)C(N)Cc1ccccc1)C(=O)O. The molecule has 0 fully saturated rings. The molecule has 0 spiro atoms. The lowest BCUT2D eigenvalue weighted by Crippen LogP contribution is -2.59. The van der Waals surface area contributed by atoms with E-state index in [0.29, 0.717) is 5.69 Å². The predicted octanol–water partition coefficient (Wildman–Crippen LogP) is -1.29. The second-order valence-corrected chi connectivity index (χ2v) is 8.45. The number of aromatic amines is 1. The van der Waals surface area contributed by atoms with Crippen molar-refractivity contribution in [1.82, 2.24) is 25.9 Å². The molecule has 0 aliphatic carbocycles. The Balaban J connectivity index is 2.10. The fourth-order valence-electron chi connectivity index (χ4n) is 3.30. The molecule has 2 rings (SSSR count). The van der Waals surface area contributed by atoms with Crippen LogP contribution in [0.4, 0.5) is 0 Å². The van der Waals surface area contributed by atoms with Gasteiger partial charge in [0.15, 0.2) is 0 Å². The Hall–Kier alpha value is -3.77. The molecule has 4 unspecified atom stereocenters. The van der Waals surface area contributed by atoms with E-state index in [1.807, 2.05) is 30.3 Å². The van der Waals surface area contributed by atoms with E-state index in [4.69, 9.17) is 5.73 Å².